The van der Waals surface area contributed by atoms with Crippen LogP contribution < -0.4 is 5.32 Å². The Labute approximate surface area is 131 Å². The van der Waals surface area contributed by atoms with Crippen LogP contribution in [0.25, 0.3) is 0 Å². The molecule has 5 heteroatoms. The average Bonchev–Trinajstić information content (AvgIpc) is 2.84. The van der Waals surface area contributed by atoms with Gasteiger partial charge in [-0.15, -0.1) is 0 Å². The van der Waals surface area contributed by atoms with Crippen LogP contribution in [0.2, 0.25) is 0 Å². The van der Waals surface area contributed by atoms with Crippen molar-refractivity contribution in [1.29, 1.82) is 0 Å². The number of hydrogen-bond acceptors (Lipinski definition) is 3. The Kier molecular flexibility index (Phi) is 4.85. The summed E-state index contributed by atoms with van der Waals surface area (Å²) < 4.78 is 1.81. The molecule has 0 bridgehead atoms. The molecule has 22 heavy (non-hydrogen) atoms. The van der Waals surface area contributed by atoms with Gasteiger partial charge >= 0.3 is 0 Å². The molecule has 2 aromatic rings. The number of carbonyl (C=O) groups is 1. The van der Waals surface area contributed by atoms with Crippen LogP contribution in [0, 0.1) is 13.8 Å². The molecule has 0 saturated heterocycles. The lowest BCUT2D eigenvalue weighted by atomic mass is 9.99. The molecule has 1 heterocycles. The Hall–Kier alpha value is -2.30. The van der Waals surface area contributed by atoms with Crippen molar-refractivity contribution >= 4 is 11.6 Å². The van der Waals surface area contributed by atoms with Gasteiger partial charge in [0.25, 0.3) is 0 Å². The number of nitrogens with zero attached hydrogens (tertiary/aromatic N) is 2. The molecule has 2 rings (SSSR count). The topological polar surface area (TPSA) is 67.2 Å². The zero-order chi connectivity index (χ0) is 16.3. The van der Waals surface area contributed by atoms with Gasteiger partial charge in [-0.3, -0.25) is 9.48 Å². The second-order valence-corrected chi connectivity index (χ2v) is 5.87. The first-order valence-electron chi connectivity index (χ1n) is 7.50. The number of aryl methyl sites for hydroxylation is 3. The van der Waals surface area contributed by atoms with Crippen molar-refractivity contribution in [1.82, 2.24) is 9.78 Å². The molecule has 0 aliphatic rings. The molecule has 5 nitrogen and oxygen atoms in total. The molecule has 2 N–H and O–H groups in total. The summed E-state index contributed by atoms with van der Waals surface area (Å²) in [7, 11) is 0. The van der Waals surface area contributed by atoms with E-state index in [1.165, 1.54) is 0 Å². The quantitative estimate of drug-likeness (QED) is 0.832. The molecule has 1 aromatic heterocycles. The van der Waals surface area contributed by atoms with E-state index in [1.807, 2.05) is 44.5 Å². The van der Waals surface area contributed by atoms with Crippen molar-refractivity contribution < 1.29 is 9.90 Å². The summed E-state index contributed by atoms with van der Waals surface area (Å²) in [4.78, 5) is 12.1. The van der Waals surface area contributed by atoms with Gasteiger partial charge in [0.05, 0.1) is 0 Å². The molecule has 0 aliphatic heterocycles. The van der Waals surface area contributed by atoms with E-state index in [1.54, 1.807) is 12.3 Å². The van der Waals surface area contributed by atoms with Gasteiger partial charge in [0, 0.05) is 30.5 Å². The largest absolute Gasteiger partial charge is 0.508 e. The van der Waals surface area contributed by atoms with Crippen molar-refractivity contribution in [3.05, 3.63) is 41.2 Å². The fourth-order valence-electron chi connectivity index (χ4n) is 2.36. The molecule has 0 spiro atoms. The highest BCUT2D eigenvalue weighted by Gasteiger charge is 2.12. The first kappa shape index (κ1) is 16.1. The number of amides is 1. The molecule has 0 unspecified atom stereocenters. The normalized spacial score (nSPS) is 11.0. The number of aromatic hydroxyl groups is 1. The summed E-state index contributed by atoms with van der Waals surface area (Å²) >= 11 is 0. The average molecular weight is 301 g/mol. The number of benzene rings is 1. The van der Waals surface area contributed by atoms with Gasteiger partial charge in [-0.25, -0.2) is 0 Å². The van der Waals surface area contributed by atoms with Gasteiger partial charge in [0.15, 0.2) is 0 Å². The van der Waals surface area contributed by atoms with Crippen LogP contribution in [0.1, 0.15) is 43.0 Å². The Morgan fingerprint density at radius 3 is 2.68 bits per heavy atom. The van der Waals surface area contributed by atoms with Crippen LogP contribution in [0.4, 0.5) is 5.69 Å². The third-order valence-corrected chi connectivity index (χ3v) is 3.75. The molecular formula is C17H23N3O2. The lowest BCUT2D eigenvalue weighted by Gasteiger charge is -2.14. The molecule has 0 fully saturated rings. The third-order valence-electron chi connectivity index (χ3n) is 3.75. The van der Waals surface area contributed by atoms with Crippen LogP contribution in [0.5, 0.6) is 5.75 Å². The molecule has 1 aromatic carbocycles. The minimum absolute atomic E-state index is 0.0570. The maximum absolute atomic E-state index is 12.1. The van der Waals surface area contributed by atoms with Crippen molar-refractivity contribution in [2.45, 2.75) is 46.6 Å². The predicted molar refractivity (Wildman–Crippen MR) is 87.1 cm³/mol. The Morgan fingerprint density at radius 1 is 1.36 bits per heavy atom. The van der Waals surface area contributed by atoms with Crippen LogP contribution in [0.15, 0.2) is 24.4 Å². The van der Waals surface area contributed by atoms with E-state index in [-0.39, 0.29) is 17.6 Å². The maximum Gasteiger partial charge on any atom is 0.226 e. The number of phenols is 1. The molecule has 1 amide bonds. The number of phenolic OH excluding ortho intramolecular Hbond substituents is 1. The summed E-state index contributed by atoms with van der Waals surface area (Å²) in [6.45, 7) is 8.41. The van der Waals surface area contributed by atoms with Crippen molar-refractivity contribution in [2.24, 2.45) is 0 Å². The molecule has 0 aliphatic carbocycles. The highest BCUT2D eigenvalue weighted by molar-refractivity contribution is 5.91. The summed E-state index contributed by atoms with van der Waals surface area (Å²) in [6.07, 6.45) is 2.09. The van der Waals surface area contributed by atoms with Gasteiger partial charge < -0.3 is 10.4 Å². The number of hydrogen-bond donors (Lipinski definition) is 2. The Bertz CT molecular complexity index is 675. The molecule has 0 radical (unpaired) electrons. The fourth-order valence-corrected chi connectivity index (χ4v) is 2.36. The van der Waals surface area contributed by atoms with E-state index in [0.717, 1.165) is 22.5 Å². The van der Waals surface area contributed by atoms with E-state index >= 15 is 0 Å². The Morgan fingerprint density at radius 2 is 2.09 bits per heavy atom. The number of anilines is 1. The monoisotopic (exact) mass is 301 g/mol. The Balaban J connectivity index is 2.05. The number of carbonyl (C=O) groups excluding carboxylic acids is 1. The lowest BCUT2D eigenvalue weighted by molar-refractivity contribution is -0.116. The summed E-state index contributed by atoms with van der Waals surface area (Å²) in [5, 5.41) is 17.0. The van der Waals surface area contributed by atoms with E-state index in [4.69, 9.17) is 0 Å². The SMILES string of the molecule is Cc1cc(O)c(C(C)C)cc1NC(=O)CCn1nccc1C. The number of nitrogens with one attached hydrogen (secondary N) is 1. The van der Waals surface area contributed by atoms with E-state index < -0.39 is 0 Å². The van der Waals surface area contributed by atoms with Gasteiger partial charge in [0.1, 0.15) is 5.75 Å². The number of rotatable bonds is 5. The highest BCUT2D eigenvalue weighted by Crippen LogP contribution is 2.31. The lowest BCUT2D eigenvalue weighted by Crippen LogP contribution is -2.16. The van der Waals surface area contributed by atoms with Crippen LogP contribution in [-0.2, 0) is 11.3 Å². The first-order chi connectivity index (χ1) is 10.4. The summed E-state index contributed by atoms with van der Waals surface area (Å²) in [5.41, 5.74) is 3.48. The molecule has 118 valence electrons. The van der Waals surface area contributed by atoms with E-state index in [2.05, 4.69) is 10.4 Å². The van der Waals surface area contributed by atoms with E-state index in [0.29, 0.717) is 13.0 Å². The van der Waals surface area contributed by atoms with Crippen molar-refractivity contribution in [3.63, 3.8) is 0 Å². The minimum atomic E-state index is -0.0570. The van der Waals surface area contributed by atoms with Gasteiger partial charge in [-0.2, -0.15) is 5.10 Å². The second kappa shape index (κ2) is 6.64. The third kappa shape index (κ3) is 3.67. The van der Waals surface area contributed by atoms with E-state index in [9.17, 15) is 9.90 Å². The molecule has 0 saturated carbocycles. The maximum atomic E-state index is 12.1. The molecular weight excluding hydrogens is 278 g/mol. The highest BCUT2D eigenvalue weighted by atomic mass is 16.3. The van der Waals surface area contributed by atoms with Crippen LogP contribution in [-0.4, -0.2) is 20.8 Å². The van der Waals surface area contributed by atoms with Crippen LogP contribution >= 0.6 is 0 Å². The fraction of sp³-hybridized carbons (Fsp3) is 0.412. The number of aromatic nitrogens is 2. The van der Waals surface area contributed by atoms with Crippen molar-refractivity contribution in [3.8, 4) is 5.75 Å². The van der Waals surface area contributed by atoms with Crippen molar-refractivity contribution in [2.75, 3.05) is 5.32 Å². The zero-order valence-corrected chi connectivity index (χ0v) is 13.6. The minimum Gasteiger partial charge on any atom is -0.508 e. The van der Waals surface area contributed by atoms with Gasteiger partial charge in [0.2, 0.25) is 5.91 Å². The standard InChI is InChI=1S/C17H23N3O2/c1-11(2)14-10-15(12(3)9-16(14)21)19-17(22)6-8-20-13(4)5-7-18-20/h5,7,9-11,21H,6,8H2,1-4H3,(H,19,22). The summed E-state index contributed by atoms with van der Waals surface area (Å²) in [5.74, 6) is 0.416. The first-order valence-corrected chi connectivity index (χ1v) is 7.50. The molecule has 0 atom stereocenters. The van der Waals surface area contributed by atoms with Crippen LogP contribution in [0.3, 0.4) is 0 Å². The predicted octanol–water partition coefficient (Wildman–Crippen LogP) is 3.36. The second-order valence-electron chi connectivity index (χ2n) is 5.87. The smallest absolute Gasteiger partial charge is 0.226 e. The van der Waals surface area contributed by atoms with Gasteiger partial charge in [-0.05, 0) is 49.1 Å². The zero-order valence-electron chi connectivity index (χ0n) is 13.6. The van der Waals surface area contributed by atoms with Gasteiger partial charge in [-0.1, -0.05) is 13.8 Å². The summed E-state index contributed by atoms with van der Waals surface area (Å²) in [6, 6.07) is 5.46.